The van der Waals surface area contributed by atoms with Crippen LogP contribution in [0.4, 0.5) is 4.39 Å². The van der Waals surface area contributed by atoms with E-state index in [-0.39, 0.29) is 12.2 Å². The summed E-state index contributed by atoms with van der Waals surface area (Å²) in [4.78, 5) is 0. The van der Waals surface area contributed by atoms with Gasteiger partial charge >= 0.3 is 0 Å². The van der Waals surface area contributed by atoms with E-state index in [1.54, 1.807) is 0 Å². The molecule has 0 aromatic rings. The zero-order valence-electron chi connectivity index (χ0n) is 6.32. The summed E-state index contributed by atoms with van der Waals surface area (Å²) in [5.41, 5.74) is -0.280. The summed E-state index contributed by atoms with van der Waals surface area (Å²) in [6.45, 7) is 1.09. The highest BCUT2D eigenvalue weighted by atomic mass is 19.1. The Kier molecular flexibility index (Phi) is 2.63. The van der Waals surface area contributed by atoms with Gasteiger partial charge in [-0.15, -0.1) is 0 Å². The van der Waals surface area contributed by atoms with Crippen molar-refractivity contribution in [3.63, 3.8) is 0 Å². The van der Waals surface area contributed by atoms with Crippen LogP contribution in [0.25, 0.3) is 0 Å². The third-order valence-corrected chi connectivity index (χ3v) is 2.24. The summed E-state index contributed by atoms with van der Waals surface area (Å²) >= 11 is 0. The molecule has 1 aliphatic heterocycles. The van der Waals surface area contributed by atoms with Gasteiger partial charge in [-0.05, 0) is 19.9 Å². The quantitative estimate of drug-likeness (QED) is 0.621. The molecule has 0 bridgehead atoms. The maximum Gasteiger partial charge on any atom is 0.108 e. The molecule has 0 radical (unpaired) electrons. The molecular formula is C7H14FNO. The highest BCUT2D eigenvalue weighted by Gasteiger charge is 2.30. The monoisotopic (exact) mass is 147 g/mol. The standard InChI is InChI=1S/C7H14FNO/c1-9-7(6-8)2-4-10-5-3-7/h9H,2-6H2,1H3. The molecule has 0 aromatic heterocycles. The first-order chi connectivity index (χ1) is 4.83. The van der Waals surface area contributed by atoms with Crippen molar-refractivity contribution in [1.29, 1.82) is 0 Å². The topological polar surface area (TPSA) is 21.3 Å². The van der Waals surface area contributed by atoms with Gasteiger partial charge in [0.05, 0.1) is 5.54 Å². The van der Waals surface area contributed by atoms with Crippen LogP contribution in [-0.2, 0) is 4.74 Å². The van der Waals surface area contributed by atoms with Gasteiger partial charge in [0.1, 0.15) is 6.67 Å². The van der Waals surface area contributed by atoms with Gasteiger partial charge in [-0.3, -0.25) is 0 Å². The molecule has 0 atom stereocenters. The van der Waals surface area contributed by atoms with Gasteiger partial charge in [-0.2, -0.15) is 0 Å². The molecule has 0 saturated carbocycles. The molecule has 1 saturated heterocycles. The van der Waals surface area contributed by atoms with Gasteiger partial charge in [0, 0.05) is 13.2 Å². The lowest BCUT2D eigenvalue weighted by atomic mass is 9.92. The molecule has 60 valence electrons. The van der Waals surface area contributed by atoms with Crippen LogP contribution in [0.3, 0.4) is 0 Å². The zero-order chi connectivity index (χ0) is 7.45. The predicted octanol–water partition coefficient (Wildman–Crippen LogP) is 0.724. The second-order valence-corrected chi connectivity index (χ2v) is 2.78. The molecule has 10 heavy (non-hydrogen) atoms. The average Bonchev–Trinajstić information content (AvgIpc) is 2.06. The Balaban J connectivity index is 2.44. The molecule has 0 aliphatic carbocycles. The first kappa shape index (κ1) is 7.95. The zero-order valence-corrected chi connectivity index (χ0v) is 6.32. The van der Waals surface area contributed by atoms with Gasteiger partial charge in [0.2, 0.25) is 0 Å². The number of hydrogen-bond donors (Lipinski definition) is 1. The fourth-order valence-electron chi connectivity index (χ4n) is 1.21. The number of rotatable bonds is 2. The Labute approximate surface area is 60.8 Å². The molecule has 0 amide bonds. The smallest absolute Gasteiger partial charge is 0.108 e. The molecule has 1 N–H and O–H groups in total. The van der Waals surface area contributed by atoms with Gasteiger partial charge < -0.3 is 10.1 Å². The van der Waals surface area contributed by atoms with Crippen molar-refractivity contribution in [2.45, 2.75) is 18.4 Å². The Hall–Kier alpha value is -0.150. The van der Waals surface area contributed by atoms with Crippen LogP contribution < -0.4 is 5.32 Å². The van der Waals surface area contributed by atoms with E-state index in [1.165, 1.54) is 0 Å². The summed E-state index contributed by atoms with van der Waals surface area (Å²) in [6, 6.07) is 0. The van der Waals surface area contributed by atoms with Crippen LogP contribution in [0.5, 0.6) is 0 Å². The first-order valence-corrected chi connectivity index (χ1v) is 3.66. The van der Waals surface area contributed by atoms with Crippen LogP contribution in [0.2, 0.25) is 0 Å². The number of hydrogen-bond acceptors (Lipinski definition) is 2. The second kappa shape index (κ2) is 3.30. The van der Waals surface area contributed by atoms with E-state index in [0.717, 1.165) is 12.8 Å². The lowest BCUT2D eigenvalue weighted by molar-refractivity contribution is 0.0309. The van der Waals surface area contributed by atoms with Gasteiger partial charge in [0.25, 0.3) is 0 Å². The van der Waals surface area contributed by atoms with Crippen LogP contribution in [0.1, 0.15) is 12.8 Å². The maximum atomic E-state index is 12.4. The Morgan fingerprint density at radius 2 is 2.10 bits per heavy atom. The van der Waals surface area contributed by atoms with Crippen molar-refractivity contribution in [3.05, 3.63) is 0 Å². The third kappa shape index (κ3) is 1.47. The van der Waals surface area contributed by atoms with Crippen LogP contribution in [0.15, 0.2) is 0 Å². The Morgan fingerprint density at radius 3 is 2.40 bits per heavy atom. The molecule has 0 unspecified atom stereocenters. The number of nitrogens with one attached hydrogen (secondary N) is 1. The normalized spacial score (nSPS) is 24.6. The molecule has 1 heterocycles. The number of alkyl halides is 1. The summed E-state index contributed by atoms with van der Waals surface area (Å²) in [6.07, 6.45) is 1.58. The van der Waals surface area contributed by atoms with Crippen LogP contribution >= 0.6 is 0 Å². The van der Waals surface area contributed by atoms with Gasteiger partial charge in [-0.25, -0.2) is 4.39 Å². The van der Waals surface area contributed by atoms with Crippen molar-refractivity contribution in [2.24, 2.45) is 0 Å². The predicted molar refractivity (Wildman–Crippen MR) is 37.8 cm³/mol. The SMILES string of the molecule is CNC1(CF)CCOCC1. The molecule has 1 rings (SSSR count). The van der Waals surface area contributed by atoms with Crippen molar-refractivity contribution in [1.82, 2.24) is 5.32 Å². The van der Waals surface area contributed by atoms with E-state index < -0.39 is 0 Å². The van der Waals surface area contributed by atoms with E-state index in [0.29, 0.717) is 13.2 Å². The minimum atomic E-state index is -0.285. The minimum absolute atomic E-state index is 0.280. The fourth-order valence-corrected chi connectivity index (χ4v) is 1.21. The van der Waals surface area contributed by atoms with E-state index in [2.05, 4.69) is 5.32 Å². The van der Waals surface area contributed by atoms with Crippen molar-refractivity contribution in [3.8, 4) is 0 Å². The summed E-state index contributed by atoms with van der Waals surface area (Å²) < 4.78 is 17.5. The molecule has 0 aromatic carbocycles. The number of halogens is 1. The first-order valence-electron chi connectivity index (χ1n) is 3.66. The largest absolute Gasteiger partial charge is 0.381 e. The van der Waals surface area contributed by atoms with Crippen LogP contribution in [0, 0.1) is 0 Å². The van der Waals surface area contributed by atoms with Crippen LogP contribution in [-0.4, -0.2) is 32.5 Å². The lowest BCUT2D eigenvalue weighted by Gasteiger charge is -2.34. The van der Waals surface area contributed by atoms with E-state index in [9.17, 15) is 4.39 Å². The van der Waals surface area contributed by atoms with Gasteiger partial charge in [-0.1, -0.05) is 0 Å². The highest BCUT2D eigenvalue weighted by Crippen LogP contribution is 2.20. The summed E-state index contributed by atoms with van der Waals surface area (Å²) in [5, 5.41) is 3.01. The molecule has 0 spiro atoms. The van der Waals surface area contributed by atoms with E-state index in [4.69, 9.17) is 4.74 Å². The molecular weight excluding hydrogens is 133 g/mol. The maximum absolute atomic E-state index is 12.4. The third-order valence-electron chi connectivity index (χ3n) is 2.24. The van der Waals surface area contributed by atoms with E-state index in [1.807, 2.05) is 7.05 Å². The van der Waals surface area contributed by atoms with Crippen molar-refractivity contribution in [2.75, 3.05) is 26.9 Å². The van der Waals surface area contributed by atoms with Crippen molar-refractivity contribution >= 4 is 0 Å². The second-order valence-electron chi connectivity index (χ2n) is 2.78. The highest BCUT2D eigenvalue weighted by molar-refractivity contribution is 4.88. The van der Waals surface area contributed by atoms with E-state index >= 15 is 0 Å². The molecule has 1 aliphatic rings. The Morgan fingerprint density at radius 1 is 1.50 bits per heavy atom. The summed E-state index contributed by atoms with van der Waals surface area (Å²) in [5.74, 6) is 0. The average molecular weight is 147 g/mol. The molecule has 2 nitrogen and oxygen atoms in total. The van der Waals surface area contributed by atoms with Crippen molar-refractivity contribution < 1.29 is 9.13 Å². The lowest BCUT2D eigenvalue weighted by Crippen LogP contribution is -2.49. The fraction of sp³-hybridized carbons (Fsp3) is 1.00. The van der Waals surface area contributed by atoms with Gasteiger partial charge in [0.15, 0.2) is 0 Å². The number of ether oxygens (including phenoxy) is 1. The molecule has 1 fully saturated rings. The Bertz CT molecular complexity index is 95.8. The minimum Gasteiger partial charge on any atom is -0.381 e. The summed E-state index contributed by atoms with van der Waals surface area (Å²) in [7, 11) is 1.81. The molecule has 3 heteroatoms.